The molecule has 0 spiro atoms. The average Bonchev–Trinajstić information content (AvgIpc) is 3.49. The summed E-state index contributed by atoms with van der Waals surface area (Å²) < 4.78 is 0. The number of aliphatic imine (C=N–C) groups is 1. The molecule has 0 fully saturated rings. The number of carbonyl (C=O) groups is 1. The number of amides is 1. The van der Waals surface area contributed by atoms with Crippen LogP contribution in [-0.2, 0) is 0 Å². The van der Waals surface area contributed by atoms with Crippen LogP contribution in [0.4, 0.5) is 4.79 Å². The van der Waals surface area contributed by atoms with E-state index in [1.54, 1.807) is 0 Å². The molecule has 4 nitrogen and oxygen atoms in total. The van der Waals surface area contributed by atoms with Crippen LogP contribution in [0.25, 0.3) is 16.8 Å². The second-order valence-electron chi connectivity index (χ2n) is 8.59. The van der Waals surface area contributed by atoms with E-state index >= 15 is 0 Å². The maximum atomic E-state index is 12.5. The number of rotatable bonds is 3. The van der Waals surface area contributed by atoms with Crippen molar-refractivity contribution in [2.75, 3.05) is 0 Å². The summed E-state index contributed by atoms with van der Waals surface area (Å²) >= 11 is 13.3. The normalized spacial score (nSPS) is 18.7. The first-order valence-electron chi connectivity index (χ1n) is 11.4. The second kappa shape index (κ2) is 9.58. The number of thioether (sulfide) groups is 1. The Morgan fingerprint density at radius 1 is 0.861 bits per heavy atom. The fourth-order valence-electron chi connectivity index (χ4n) is 4.47. The Hall–Kier alpha value is -3.38. The van der Waals surface area contributed by atoms with Crippen molar-refractivity contribution in [2.24, 2.45) is 10.1 Å². The van der Waals surface area contributed by atoms with Gasteiger partial charge in [-0.3, -0.25) is 4.79 Å². The lowest BCUT2D eigenvalue weighted by atomic mass is 9.97. The number of fused-ring (bicyclic) bond motifs is 1. The number of nitrogens with zero attached hydrogens (tertiary/aromatic N) is 3. The number of hydrogen-bond donors (Lipinski definition) is 0. The molecular weight excluding hydrogens is 509 g/mol. The van der Waals surface area contributed by atoms with Gasteiger partial charge in [0.2, 0.25) is 0 Å². The van der Waals surface area contributed by atoms with Crippen LogP contribution >= 0.6 is 35.0 Å². The highest BCUT2D eigenvalue weighted by molar-refractivity contribution is 8.18. The van der Waals surface area contributed by atoms with Crippen molar-refractivity contribution in [1.29, 1.82) is 0 Å². The van der Waals surface area contributed by atoms with Crippen molar-refractivity contribution < 1.29 is 4.79 Å². The highest BCUT2D eigenvalue weighted by Crippen LogP contribution is 2.40. The van der Waals surface area contributed by atoms with E-state index in [-0.39, 0.29) is 11.3 Å². The summed E-state index contributed by atoms with van der Waals surface area (Å²) in [5.41, 5.74) is 3.98. The molecule has 0 N–H and O–H groups in total. The molecule has 2 heterocycles. The number of amidine groups is 1. The van der Waals surface area contributed by atoms with Gasteiger partial charge in [-0.25, -0.2) is 5.01 Å². The third-order valence-corrected chi connectivity index (χ3v) is 7.54. The SMILES string of the molecule is O=C1N=C(N2N=C(c3ccc4ccccc4c3)CC2c2ccc(Cl)cc2)/C(=C/c2ccc(Cl)cc2)S1. The zero-order valence-electron chi connectivity index (χ0n) is 18.9. The number of halogens is 2. The average molecular weight is 528 g/mol. The van der Waals surface area contributed by atoms with Crippen molar-refractivity contribution in [3.8, 4) is 0 Å². The van der Waals surface area contributed by atoms with Gasteiger partial charge in [0, 0.05) is 16.5 Å². The van der Waals surface area contributed by atoms with E-state index in [1.807, 2.05) is 71.7 Å². The van der Waals surface area contributed by atoms with E-state index in [0.717, 1.165) is 44.5 Å². The lowest BCUT2D eigenvalue weighted by Crippen LogP contribution is -2.26. The lowest BCUT2D eigenvalue weighted by Gasteiger charge is -2.24. The number of benzene rings is 4. The van der Waals surface area contributed by atoms with Crippen LogP contribution in [0.15, 0.2) is 106 Å². The monoisotopic (exact) mass is 527 g/mol. The van der Waals surface area contributed by atoms with Crippen molar-refractivity contribution in [1.82, 2.24) is 5.01 Å². The molecule has 2 aliphatic heterocycles. The Bertz CT molecular complexity index is 1580. The van der Waals surface area contributed by atoms with E-state index in [1.165, 1.54) is 5.39 Å². The van der Waals surface area contributed by atoms with Gasteiger partial charge in [0.05, 0.1) is 16.7 Å². The molecule has 1 unspecified atom stereocenters. The van der Waals surface area contributed by atoms with Gasteiger partial charge < -0.3 is 0 Å². The fourth-order valence-corrected chi connectivity index (χ4v) is 5.46. The molecule has 36 heavy (non-hydrogen) atoms. The minimum Gasteiger partial charge on any atom is -0.259 e. The van der Waals surface area contributed by atoms with Gasteiger partial charge >= 0.3 is 5.24 Å². The Kier molecular flexibility index (Phi) is 6.13. The molecule has 2 aliphatic rings. The lowest BCUT2D eigenvalue weighted by molar-refractivity contribution is 0.267. The molecule has 0 bridgehead atoms. The highest BCUT2D eigenvalue weighted by Gasteiger charge is 2.36. The maximum Gasteiger partial charge on any atom is 0.311 e. The van der Waals surface area contributed by atoms with E-state index in [4.69, 9.17) is 28.3 Å². The third kappa shape index (κ3) is 4.58. The highest BCUT2D eigenvalue weighted by atomic mass is 35.5. The van der Waals surface area contributed by atoms with Gasteiger partial charge in [0.1, 0.15) is 0 Å². The zero-order valence-corrected chi connectivity index (χ0v) is 21.3. The molecule has 0 radical (unpaired) electrons. The number of carbonyl (C=O) groups excluding carboxylic acids is 1. The molecule has 6 rings (SSSR count). The quantitative estimate of drug-likeness (QED) is 0.268. The van der Waals surface area contributed by atoms with Crippen LogP contribution in [0, 0.1) is 0 Å². The third-order valence-electron chi connectivity index (χ3n) is 6.25. The number of hydrogen-bond acceptors (Lipinski definition) is 4. The fraction of sp³-hybridized carbons (Fsp3) is 0.0690. The van der Waals surface area contributed by atoms with Crippen molar-refractivity contribution in [3.05, 3.63) is 123 Å². The van der Waals surface area contributed by atoms with E-state index in [0.29, 0.717) is 22.3 Å². The van der Waals surface area contributed by atoms with Crippen molar-refractivity contribution in [2.45, 2.75) is 12.5 Å². The molecular formula is C29H19Cl2N3OS. The molecule has 0 aliphatic carbocycles. The van der Waals surface area contributed by atoms with Crippen LogP contribution in [0.1, 0.15) is 29.2 Å². The maximum absolute atomic E-state index is 12.5. The summed E-state index contributed by atoms with van der Waals surface area (Å²) in [6.07, 6.45) is 2.62. The molecule has 176 valence electrons. The Morgan fingerprint density at radius 3 is 2.31 bits per heavy atom. The molecule has 1 amide bonds. The first-order chi connectivity index (χ1) is 17.5. The van der Waals surface area contributed by atoms with Crippen LogP contribution in [0.3, 0.4) is 0 Å². The largest absolute Gasteiger partial charge is 0.311 e. The van der Waals surface area contributed by atoms with Gasteiger partial charge in [-0.05, 0) is 75.6 Å². The topological polar surface area (TPSA) is 45.0 Å². The predicted octanol–water partition coefficient (Wildman–Crippen LogP) is 8.60. The molecule has 1 atom stereocenters. The summed E-state index contributed by atoms with van der Waals surface area (Å²) in [7, 11) is 0. The van der Waals surface area contributed by atoms with Crippen LogP contribution in [0.5, 0.6) is 0 Å². The Labute approximate surface area is 222 Å². The van der Waals surface area contributed by atoms with E-state index in [2.05, 4.69) is 35.3 Å². The minimum atomic E-state index is -0.255. The summed E-state index contributed by atoms with van der Waals surface area (Å²) in [5, 5.41) is 10.3. The molecule has 7 heteroatoms. The van der Waals surface area contributed by atoms with Crippen molar-refractivity contribution >= 4 is 68.6 Å². The van der Waals surface area contributed by atoms with Gasteiger partial charge in [0.15, 0.2) is 5.84 Å². The Balaban J connectivity index is 1.43. The predicted molar refractivity (Wildman–Crippen MR) is 151 cm³/mol. The number of hydrazone groups is 1. The molecule has 4 aromatic rings. The van der Waals surface area contributed by atoms with E-state index < -0.39 is 0 Å². The summed E-state index contributed by atoms with van der Waals surface area (Å²) in [5.74, 6) is 0.552. The van der Waals surface area contributed by atoms with Crippen LogP contribution in [-0.4, -0.2) is 21.8 Å². The summed E-state index contributed by atoms with van der Waals surface area (Å²) in [4.78, 5) is 17.6. The van der Waals surface area contributed by atoms with Crippen LogP contribution in [0.2, 0.25) is 10.0 Å². The second-order valence-corrected chi connectivity index (χ2v) is 10.5. The van der Waals surface area contributed by atoms with Gasteiger partial charge in [-0.15, -0.1) is 0 Å². The summed E-state index contributed by atoms with van der Waals surface area (Å²) in [6, 6.07) is 29.8. The molecule has 0 aromatic heterocycles. The first kappa shape index (κ1) is 23.0. The minimum absolute atomic E-state index is 0.123. The smallest absolute Gasteiger partial charge is 0.259 e. The van der Waals surface area contributed by atoms with Gasteiger partial charge in [-0.1, -0.05) is 83.9 Å². The first-order valence-corrected chi connectivity index (χ1v) is 13.0. The van der Waals surface area contributed by atoms with Gasteiger partial charge in [-0.2, -0.15) is 10.1 Å². The molecule has 4 aromatic carbocycles. The van der Waals surface area contributed by atoms with Crippen molar-refractivity contribution in [3.63, 3.8) is 0 Å². The van der Waals surface area contributed by atoms with Gasteiger partial charge in [0.25, 0.3) is 0 Å². The zero-order chi connectivity index (χ0) is 24.6. The summed E-state index contributed by atoms with van der Waals surface area (Å²) in [6.45, 7) is 0. The van der Waals surface area contributed by atoms with Crippen LogP contribution < -0.4 is 0 Å². The molecule has 0 saturated carbocycles. The van der Waals surface area contributed by atoms with E-state index in [9.17, 15) is 4.79 Å². The Morgan fingerprint density at radius 2 is 1.56 bits per heavy atom. The standard InChI is InChI=1S/C29H19Cl2N3OS/c30-23-11-5-18(6-12-23)15-27-28(32-29(35)36-27)34-26(20-9-13-24(31)14-10-20)17-25(33-34)22-8-7-19-3-1-2-4-21(19)16-22/h1-16,26H,17H2/b27-15-. The molecule has 0 saturated heterocycles.